The molecule has 0 saturated carbocycles. The van der Waals surface area contributed by atoms with Crippen molar-refractivity contribution in [2.75, 3.05) is 5.32 Å². The Labute approximate surface area is 179 Å². The molecule has 0 spiro atoms. The van der Waals surface area contributed by atoms with Crippen LogP contribution in [0.4, 0.5) is 5.69 Å². The largest absolute Gasteiger partial charge is 0.481 e. The van der Waals surface area contributed by atoms with Crippen LogP contribution in [0.25, 0.3) is 0 Å². The van der Waals surface area contributed by atoms with E-state index >= 15 is 0 Å². The molecule has 1 aromatic carbocycles. The van der Waals surface area contributed by atoms with Gasteiger partial charge < -0.3 is 21.5 Å². The van der Waals surface area contributed by atoms with Gasteiger partial charge in [0.25, 0.3) is 5.56 Å². The van der Waals surface area contributed by atoms with Gasteiger partial charge in [0.1, 0.15) is 23.4 Å². The Kier molecular flexibility index (Phi) is 6.68. The number of nitrogen functional groups attached to an aromatic ring is 1. The van der Waals surface area contributed by atoms with Crippen molar-refractivity contribution in [1.29, 1.82) is 5.41 Å². The number of carbonyl (C=O) groups excluding carboxylic acids is 1. The van der Waals surface area contributed by atoms with E-state index in [1.807, 2.05) is 0 Å². The van der Waals surface area contributed by atoms with Crippen molar-refractivity contribution in [2.45, 2.75) is 51.2 Å². The Hall–Kier alpha value is -3.69. The first-order chi connectivity index (χ1) is 14.8. The highest BCUT2D eigenvalue weighted by molar-refractivity contribution is 5.94. The summed E-state index contributed by atoms with van der Waals surface area (Å²) in [4.78, 5) is 40.8. The number of hydrogen-bond donors (Lipinski definition) is 5. The number of nitrogens with one attached hydrogen (secondary N) is 3. The fourth-order valence-electron chi connectivity index (χ4n) is 3.54. The van der Waals surface area contributed by atoms with E-state index in [1.165, 1.54) is 10.8 Å². The molecule has 10 nitrogen and oxygen atoms in total. The summed E-state index contributed by atoms with van der Waals surface area (Å²) >= 11 is 0. The van der Waals surface area contributed by atoms with Crippen molar-refractivity contribution in [2.24, 2.45) is 5.73 Å². The lowest BCUT2D eigenvalue weighted by Crippen LogP contribution is -2.37. The van der Waals surface area contributed by atoms with Gasteiger partial charge in [0, 0.05) is 31.0 Å². The summed E-state index contributed by atoms with van der Waals surface area (Å²) in [6, 6.07) is 6.12. The fraction of sp³-hybridized carbons (Fsp3) is 0.381. The maximum Gasteiger partial charge on any atom is 0.303 e. The van der Waals surface area contributed by atoms with E-state index < -0.39 is 12.0 Å². The fourth-order valence-corrected chi connectivity index (χ4v) is 3.54. The number of hydrogen-bond acceptors (Lipinski definition) is 6. The van der Waals surface area contributed by atoms with Crippen LogP contribution in [-0.4, -0.2) is 38.4 Å². The lowest BCUT2D eigenvalue weighted by molar-refractivity contribution is -0.137. The minimum atomic E-state index is -0.898. The molecule has 0 saturated heterocycles. The third-order valence-corrected chi connectivity index (χ3v) is 5.25. The molecule has 1 aliphatic heterocycles. The molecule has 0 radical (unpaired) electrons. The van der Waals surface area contributed by atoms with Crippen LogP contribution in [-0.2, 0) is 22.6 Å². The number of nitrogens with two attached hydrogens (primary N) is 1. The zero-order chi connectivity index (χ0) is 22.5. The normalized spacial score (nSPS) is 15.7. The van der Waals surface area contributed by atoms with Crippen molar-refractivity contribution in [3.05, 3.63) is 57.8 Å². The lowest BCUT2D eigenvalue weighted by atomic mass is 10.1. The molecule has 2 unspecified atom stereocenters. The van der Waals surface area contributed by atoms with Crippen LogP contribution < -0.4 is 21.9 Å². The highest BCUT2D eigenvalue weighted by atomic mass is 16.4. The average molecular weight is 426 g/mol. The molecule has 1 aliphatic rings. The van der Waals surface area contributed by atoms with Crippen molar-refractivity contribution in [1.82, 2.24) is 14.9 Å². The summed E-state index contributed by atoms with van der Waals surface area (Å²) in [5, 5.41) is 22.1. The predicted octanol–water partition coefficient (Wildman–Crippen LogP) is 0.996. The van der Waals surface area contributed by atoms with E-state index in [2.05, 4.69) is 15.6 Å². The quantitative estimate of drug-likeness (QED) is 0.295. The number of amides is 1. The topological polar surface area (TPSA) is 163 Å². The number of carbonyl (C=O) groups is 2. The van der Waals surface area contributed by atoms with Gasteiger partial charge in [-0.25, -0.2) is 4.98 Å². The first-order valence-corrected chi connectivity index (χ1v) is 10.1. The van der Waals surface area contributed by atoms with Crippen LogP contribution in [0.3, 0.4) is 0 Å². The monoisotopic (exact) mass is 426 g/mol. The number of rotatable bonds is 9. The summed E-state index contributed by atoms with van der Waals surface area (Å²) < 4.78 is 1.42. The summed E-state index contributed by atoms with van der Waals surface area (Å²) in [6.45, 7) is 2.08. The number of aromatic nitrogens is 2. The van der Waals surface area contributed by atoms with E-state index in [9.17, 15) is 14.4 Å². The summed E-state index contributed by atoms with van der Waals surface area (Å²) in [5.41, 5.74) is 6.82. The van der Waals surface area contributed by atoms with Crippen LogP contribution in [0.5, 0.6) is 0 Å². The van der Waals surface area contributed by atoms with Gasteiger partial charge in [-0.1, -0.05) is 24.3 Å². The zero-order valence-corrected chi connectivity index (χ0v) is 17.2. The van der Waals surface area contributed by atoms with Gasteiger partial charge >= 0.3 is 5.97 Å². The molecule has 0 bridgehead atoms. The molecule has 2 heterocycles. The van der Waals surface area contributed by atoms with Crippen LogP contribution in [0.1, 0.15) is 49.2 Å². The van der Waals surface area contributed by atoms with E-state index in [0.717, 1.165) is 5.56 Å². The summed E-state index contributed by atoms with van der Waals surface area (Å²) in [7, 11) is 0. The molecule has 1 amide bonds. The van der Waals surface area contributed by atoms with E-state index in [-0.39, 0.29) is 42.0 Å². The molecule has 164 valence electrons. The maximum absolute atomic E-state index is 13.0. The standard InChI is InChI=1S/C21H26N6O4/c1-12(2-9-18(28)29)26-15-11-24-17-8-7-16(27(17)21(15)31)20(30)25-10-13-3-5-14(6-4-13)19(22)23/h3-6,11-12,16,26H,2,7-10H2,1H3,(H3,22,23)(H,25,30)(H,28,29). The lowest BCUT2D eigenvalue weighted by Gasteiger charge is -2.18. The van der Waals surface area contributed by atoms with Crippen molar-refractivity contribution < 1.29 is 14.7 Å². The number of anilines is 1. The molecule has 2 aromatic rings. The van der Waals surface area contributed by atoms with Crippen LogP contribution in [0.2, 0.25) is 0 Å². The Balaban J connectivity index is 1.68. The van der Waals surface area contributed by atoms with Crippen molar-refractivity contribution in [3.8, 4) is 0 Å². The number of aliphatic carboxylic acids is 1. The van der Waals surface area contributed by atoms with Crippen LogP contribution >= 0.6 is 0 Å². The Morgan fingerprint density at radius 1 is 1.35 bits per heavy atom. The number of benzene rings is 1. The Morgan fingerprint density at radius 3 is 2.71 bits per heavy atom. The number of carboxylic acids is 1. The molecule has 6 N–H and O–H groups in total. The molecule has 0 fully saturated rings. The number of carboxylic acid groups (broad SMARTS) is 1. The van der Waals surface area contributed by atoms with E-state index in [0.29, 0.717) is 30.7 Å². The average Bonchev–Trinajstić information content (AvgIpc) is 3.18. The van der Waals surface area contributed by atoms with Gasteiger partial charge in [-0.3, -0.25) is 24.4 Å². The van der Waals surface area contributed by atoms with Gasteiger partial charge in [-0.15, -0.1) is 0 Å². The smallest absolute Gasteiger partial charge is 0.303 e. The van der Waals surface area contributed by atoms with Gasteiger partial charge in [0.15, 0.2) is 0 Å². The predicted molar refractivity (Wildman–Crippen MR) is 115 cm³/mol. The number of aryl methyl sites for hydroxylation is 1. The molecule has 1 aromatic heterocycles. The van der Waals surface area contributed by atoms with Crippen LogP contribution in [0, 0.1) is 5.41 Å². The molecule has 0 aliphatic carbocycles. The van der Waals surface area contributed by atoms with Crippen LogP contribution in [0.15, 0.2) is 35.3 Å². The summed E-state index contributed by atoms with van der Waals surface area (Å²) in [6.07, 6.45) is 2.81. The van der Waals surface area contributed by atoms with Gasteiger partial charge in [0.05, 0.1) is 6.20 Å². The number of nitrogens with zero attached hydrogens (tertiary/aromatic N) is 2. The van der Waals surface area contributed by atoms with Gasteiger partial charge in [0.2, 0.25) is 5.91 Å². The SMILES string of the molecule is CC(CCC(=O)O)Nc1cnc2n(c1=O)C(C(=O)NCc1ccc(C(=N)N)cc1)CC2. The zero-order valence-electron chi connectivity index (χ0n) is 17.2. The second-order valence-corrected chi connectivity index (χ2v) is 7.62. The minimum absolute atomic E-state index is 0.00764. The third-order valence-electron chi connectivity index (χ3n) is 5.25. The van der Waals surface area contributed by atoms with Gasteiger partial charge in [-0.05, 0) is 25.3 Å². The molecular weight excluding hydrogens is 400 g/mol. The molecule has 10 heteroatoms. The second-order valence-electron chi connectivity index (χ2n) is 7.62. The Morgan fingerprint density at radius 2 is 2.06 bits per heavy atom. The first kappa shape index (κ1) is 22.0. The number of fused-ring (bicyclic) bond motifs is 1. The van der Waals surface area contributed by atoms with E-state index in [4.69, 9.17) is 16.2 Å². The number of amidine groups is 1. The molecule has 31 heavy (non-hydrogen) atoms. The highest BCUT2D eigenvalue weighted by Crippen LogP contribution is 2.23. The second kappa shape index (κ2) is 9.41. The van der Waals surface area contributed by atoms with Gasteiger partial charge in [-0.2, -0.15) is 0 Å². The highest BCUT2D eigenvalue weighted by Gasteiger charge is 2.31. The Bertz CT molecular complexity index is 1050. The summed E-state index contributed by atoms with van der Waals surface area (Å²) in [5.74, 6) is -0.633. The van der Waals surface area contributed by atoms with Crippen molar-refractivity contribution >= 4 is 23.4 Å². The first-order valence-electron chi connectivity index (χ1n) is 10.1. The molecule has 2 atom stereocenters. The van der Waals surface area contributed by atoms with E-state index in [1.54, 1.807) is 31.2 Å². The molecular formula is C21H26N6O4. The molecule has 3 rings (SSSR count). The van der Waals surface area contributed by atoms with Crippen molar-refractivity contribution in [3.63, 3.8) is 0 Å². The maximum atomic E-state index is 13.0. The third kappa shape index (κ3) is 5.27. The minimum Gasteiger partial charge on any atom is -0.481 e.